The molecule has 0 fully saturated rings. The van der Waals surface area contributed by atoms with Crippen LogP contribution in [0, 0.1) is 0 Å². The van der Waals surface area contributed by atoms with E-state index in [2.05, 4.69) is 31.3 Å². The van der Waals surface area contributed by atoms with Crippen molar-refractivity contribution < 1.29 is 32.9 Å². The summed E-state index contributed by atoms with van der Waals surface area (Å²) in [5, 5.41) is 13.6. The molecule has 50 heavy (non-hydrogen) atoms. The van der Waals surface area contributed by atoms with E-state index in [9.17, 15) is 19.4 Å². The Balaban J connectivity index is 4.32. The molecule has 0 heterocycles. The van der Waals surface area contributed by atoms with Crippen LogP contribution in [-0.2, 0) is 18.4 Å². The van der Waals surface area contributed by atoms with Crippen LogP contribution in [0.1, 0.15) is 181 Å². The predicted octanol–water partition coefficient (Wildman–Crippen LogP) is 10.3. The van der Waals surface area contributed by atoms with Crippen molar-refractivity contribution in [3.05, 3.63) is 24.3 Å². The molecule has 0 aliphatic carbocycles. The highest BCUT2D eigenvalue weighted by molar-refractivity contribution is 7.45. The third-order valence-corrected chi connectivity index (χ3v) is 10.1. The number of aliphatic hydroxyl groups excluding tert-OH is 1. The second-order valence-corrected chi connectivity index (χ2v) is 16.8. The lowest BCUT2D eigenvalue weighted by molar-refractivity contribution is -0.870. The molecule has 0 radical (unpaired) electrons. The molecule has 3 unspecified atom stereocenters. The third kappa shape index (κ3) is 35.4. The number of nitrogens with one attached hydrogen (secondary N) is 1. The molecular weight excluding hydrogens is 647 g/mol. The van der Waals surface area contributed by atoms with Crippen LogP contribution in [0.5, 0.6) is 0 Å². The van der Waals surface area contributed by atoms with Crippen LogP contribution in [0.3, 0.4) is 0 Å². The number of amides is 1. The number of aliphatic hydroxyl groups is 1. The predicted molar refractivity (Wildman–Crippen MR) is 210 cm³/mol. The average molecular weight is 729 g/mol. The largest absolute Gasteiger partial charge is 0.756 e. The zero-order valence-corrected chi connectivity index (χ0v) is 34.2. The van der Waals surface area contributed by atoms with Gasteiger partial charge in [0.25, 0.3) is 7.82 Å². The first kappa shape index (κ1) is 49.0. The summed E-state index contributed by atoms with van der Waals surface area (Å²) in [6, 6.07) is -0.895. The number of quaternary nitrogens is 1. The molecule has 0 aliphatic rings. The Labute approximate surface area is 309 Å². The van der Waals surface area contributed by atoms with Crippen LogP contribution in [0.15, 0.2) is 24.3 Å². The van der Waals surface area contributed by atoms with Gasteiger partial charge in [-0.2, -0.15) is 0 Å². The molecule has 0 aliphatic heterocycles. The van der Waals surface area contributed by atoms with E-state index in [1.165, 1.54) is 122 Å². The van der Waals surface area contributed by atoms with Gasteiger partial charge in [0.2, 0.25) is 5.91 Å². The topological polar surface area (TPSA) is 108 Å². The number of unbranched alkanes of at least 4 members (excludes halogenated alkanes) is 22. The van der Waals surface area contributed by atoms with E-state index < -0.39 is 20.0 Å². The maximum atomic E-state index is 12.8. The number of hydrogen-bond acceptors (Lipinski definition) is 6. The van der Waals surface area contributed by atoms with Gasteiger partial charge >= 0.3 is 0 Å². The molecule has 9 heteroatoms. The molecule has 1 amide bonds. The van der Waals surface area contributed by atoms with E-state index in [4.69, 9.17) is 9.05 Å². The van der Waals surface area contributed by atoms with Crippen molar-refractivity contribution in [2.75, 3.05) is 40.9 Å². The molecule has 0 saturated carbocycles. The number of nitrogens with zero attached hydrogens (tertiary/aromatic N) is 1. The molecule has 0 saturated heterocycles. The van der Waals surface area contributed by atoms with Crippen molar-refractivity contribution in [1.29, 1.82) is 0 Å². The monoisotopic (exact) mass is 729 g/mol. The standard InChI is InChI=1S/C41H81N2O6P/c1-6-8-10-12-14-16-17-18-19-20-21-22-23-24-25-27-29-31-33-35-41(45)42-39(38-49-50(46,47)48-37-36-43(3,4)5)40(44)34-32-30-28-26-15-13-11-9-7-2/h15,26,32,34,39-40,44H,6-14,16-25,27-31,33,35-38H2,1-5H3,(H-,42,45,46,47)/b26-15+,34-32+. The Morgan fingerprint density at radius 1 is 0.680 bits per heavy atom. The van der Waals surface area contributed by atoms with Gasteiger partial charge in [0, 0.05) is 6.42 Å². The molecule has 0 aromatic carbocycles. The molecule has 0 spiro atoms. The summed E-state index contributed by atoms with van der Waals surface area (Å²) in [7, 11) is 1.24. The normalized spacial score (nSPS) is 14.8. The molecule has 3 atom stereocenters. The zero-order valence-electron chi connectivity index (χ0n) is 33.4. The fourth-order valence-electron chi connectivity index (χ4n) is 5.81. The summed E-state index contributed by atoms with van der Waals surface area (Å²) in [4.78, 5) is 25.2. The van der Waals surface area contributed by atoms with Crippen LogP contribution < -0.4 is 10.2 Å². The Bertz CT molecular complexity index is 876. The van der Waals surface area contributed by atoms with Gasteiger partial charge in [0.05, 0.1) is 39.9 Å². The highest BCUT2D eigenvalue weighted by atomic mass is 31.2. The minimum atomic E-state index is -4.58. The van der Waals surface area contributed by atoms with Crippen LogP contribution in [0.2, 0.25) is 0 Å². The van der Waals surface area contributed by atoms with Crippen molar-refractivity contribution in [2.24, 2.45) is 0 Å². The first-order valence-corrected chi connectivity index (χ1v) is 22.2. The molecule has 0 bridgehead atoms. The number of carbonyl (C=O) groups excluding carboxylic acids is 1. The summed E-state index contributed by atoms with van der Waals surface area (Å²) >= 11 is 0. The lowest BCUT2D eigenvalue weighted by Crippen LogP contribution is -2.45. The number of likely N-dealkylation sites (N-methyl/N-ethyl adjacent to an activating group) is 1. The quantitative estimate of drug-likeness (QED) is 0.0285. The van der Waals surface area contributed by atoms with Crippen LogP contribution in [-0.4, -0.2) is 68.5 Å². The van der Waals surface area contributed by atoms with Crippen molar-refractivity contribution >= 4 is 13.7 Å². The van der Waals surface area contributed by atoms with E-state index in [-0.39, 0.29) is 19.1 Å². The van der Waals surface area contributed by atoms with Gasteiger partial charge in [0.1, 0.15) is 13.2 Å². The number of allylic oxidation sites excluding steroid dienone is 3. The van der Waals surface area contributed by atoms with E-state index in [0.717, 1.165) is 38.5 Å². The zero-order chi connectivity index (χ0) is 37.2. The highest BCUT2D eigenvalue weighted by Crippen LogP contribution is 2.38. The van der Waals surface area contributed by atoms with E-state index in [1.54, 1.807) is 6.08 Å². The second kappa shape index (κ2) is 33.8. The Morgan fingerprint density at radius 3 is 1.62 bits per heavy atom. The first-order chi connectivity index (χ1) is 24.0. The Morgan fingerprint density at radius 2 is 1.12 bits per heavy atom. The number of phosphoric ester groups is 1. The first-order valence-electron chi connectivity index (χ1n) is 20.7. The maximum Gasteiger partial charge on any atom is 0.268 e. The Kier molecular flexibility index (Phi) is 33.1. The fourth-order valence-corrected chi connectivity index (χ4v) is 6.54. The lowest BCUT2D eigenvalue weighted by Gasteiger charge is -2.29. The third-order valence-electron chi connectivity index (χ3n) is 9.16. The molecule has 296 valence electrons. The molecular formula is C41H81N2O6P. The summed E-state index contributed by atoms with van der Waals surface area (Å²) in [5.74, 6) is -0.209. The number of rotatable bonds is 37. The van der Waals surface area contributed by atoms with Crippen molar-refractivity contribution in [3.63, 3.8) is 0 Å². The summed E-state index contributed by atoms with van der Waals surface area (Å²) in [5.41, 5.74) is 0. The van der Waals surface area contributed by atoms with E-state index >= 15 is 0 Å². The van der Waals surface area contributed by atoms with Crippen molar-refractivity contribution in [1.82, 2.24) is 5.32 Å². The minimum absolute atomic E-state index is 0.00484. The van der Waals surface area contributed by atoms with Gasteiger partial charge in [-0.1, -0.05) is 167 Å². The number of phosphoric acid groups is 1. The van der Waals surface area contributed by atoms with Gasteiger partial charge in [-0.15, -0.1) is 0 Å². The molecule has 0 aromatic rings. The second-order valence-electron chi connectivity index (χ2n) is 15.3. The smallest absolute Gasteiger partial charge is 0.268 e. The van der Waals surface area contributed by atoms with Crippen molar-refractivity contribution in [2.45, 2.75) is 193 Å². The van der Waals surface area contributed by atoms with Crippen molar-refractivity contribution in [3.8, 4) is 0 Å². The van der Waals surface area contributed by atoms with Gasteiger partial charge < -0.3 is 28.8 Å². The maximum absolute atomic E-state index is 12.8. The van der Waals surface area contributed by atoms with E-state index in [0.29, 0.717) is 17.4 Å². The SMILES string of the molecule is CCCCC/C=C/CC/C=C/C(O)C(COP(=O)([O-])OCC[N+](C)(C)C)NC(=O)CCCCCCCCCCCCCCCCCCCCC. The van der Waals surface area contributed by atoms with Gasteiger partial charge in [-0.3, -0.25) is 9.36 Å². The van der Waals surface area contributed by atoms with Crippen LogP contribution in [0.4, 0.5) is 0 Å². The Hall–Kier alpha value is -1.02. The van der Waals surface area contributed by atoms with Crippen LogP contribution in [0.25, 0.3) is 0 Å². The fraction of sp³-hybridized carbons (Fsp3) is 0.878. The molecule has 8 nitrogen and oxygen atoms in total. The number of carbonyl (C=O) groups is 1. The lowest BCUT2D eigenvalue weighted by atomic mass is 10.0. The summed E-state index contributed by atoms with van der Waals surface area (Å²) < 4.78 is 23.1. The van der Waals surface area contributed by atoms with E-state index in [1.807, 2.05) is 27.2 Å². The van der Waals surface area contributed by atoms with Gasteiger partial charge in [0.15, 0.2) is 0 Å². The van der Waals surface area contributed by atoms with Crippen LogP contribution >= 0.6 is 7.82 Å². The molecule has 0 aromatic heterocycles. The average Bonchev–Trinajstić information content (AvgIpc) is 3.06. The van der Waals surface area contributed by atoms with Gasteiger partial charge in [-0.25, -0.2) is 0 Å². The minimum Gasteiger partial charge on any atom is -0.756 e. The number of hydrogen-bond donors (Lipinski definition) is 2. The molecule has 2 N–H and O–H groups in total. The molecule has 0 rings (SSSR count). The highest BCUT2D eigenvalue weighted by Gasteiger charge is 2.23. The summed E-state index contributed by atoms with van der Waals surface area (Å²) in [6.45, 7) is 4.57. The summed E-state index contributed by atoms with van der Waals surface area (Å²) in [6.07, 6.45) is 38.1. The van der Waals surface area contributed by atoms with Gasteiger partial charge in [-0.05, 0) is 32.1 Å².